The van der Waals surface area contributed by atoms with Crippen molar-refractivity contribution in [2.75, 3.05) is 6.61 Å². The Balaban J connectivity index is 2.79. The lowest BCUT2D eigenvalue weighted by atomic mass is 9.95. The Hall–Kier alpha value is -2.04. The Morgan fingerprint density at radius 1 is 1.21 bits per heavy atom. The van der Waals surface area contributed by atoms with Crippen LogP contribution in [0.4, 0.5) is 4.39 Å². The number of benzene rings is 1. The zero-order valence-electron chi connectivity index (χ0n) is 10.8. The number of carbonyl (C=O) groups is 3. The summed E-state index contributed by atoms with van der Waals surface area (Å²) in [5, 5.41) is 0. The smallest absolute Gasteiger partial charge is 0.316 e. The van der Waals surface area contributed by atoms with E-state index < -0.39 is 29.3 Å². The lowest BCUT2D eigenvalue weighted by molar-refractivity contribution is -0.151. The van der Waals surface area contributed by atoms with Crippen LogP contribution in [-0.2, 0) is 14.3 Å². The number of halogens is 1. The zero-order valence-corrected chi connectivity index (χ0v) is 10.8. The molecule has 1 atom stereocenters. The molecule has 0 N–H and O–H groups in total. The summed E-state index contributed by atoms with van der Waals surface area (Å²) in [7, 11) is 0. The second-order valence-electron chi connectivity index (χ2n) is 4.05. The molecular weight excluding hydrogens is 251 g/mol. The van der Waals surface area contributed by atoms with Gasteiger partial charge in [-0.2, -0.15) is 0 Å². The molecule has 1 aromatic carbocycles. The summed E-state index contributed by atoms with van der Waals surface area (Å²) in [5.41, 5.74) is 0.261. The highest BCUT2D eigenvalue weighted by Gasteiger charge is 2.27. The van der Waals surface area contributed by atoms with Crippen LogP contribution in [0.5, 0.6) is 0 Å². The number of esters is 1. The fourth-order valence-electron chi connectivity index (χ4n) is 1.57. The average molecular weight is 266 g/mol. The van der Waals surface area contributed by atoms with Gasteiger partial charge in [0, 0.05) is 12.0 Å². The lowest BCUT2D eigenvalue weighted by Crippen LogP contribution is -2.27. The standard InChI is InChI=1S/C14H15FO4/c1-3-19-14(18)12(9(2)16)8-13(17)10-4-6-11(15)7-5-10/h4-7,12H,3,8H2,1-2H3. The van der Waals surface area contributed by atoms with Gasteiger partial charge in [-0.25, -0.2) is 4.39 Å². The number of ketones is 2. The molecule has 0 aromatic heterocycles. The predicted octanol–water partition coefficient (Wildman–Crippen LogP) is 2.17. The van der Waals surface area contributed by atoms with E-state index in [0.29, 0.717) is 0 Å². The Bertz CT molecular complexity index is 479. The topological polar surface area (TPSA) is 60.4 Å². The maximum absolute atomic E-state index is 12.7. The number of hydrogen-bond acceptors (Lipinski definition) is 4. The minimum atomic E-state index is -1.10. The molecule has 4 nitrogen and oxygen atoms in total. The third-order valence-corrected chi connectivity index (χ3v) is 2.62. The molecule has 0 amide bonds. The van der Waals surface area contributed by atoms with Gasteiger partial charge in [0.05, 0.1) is 6.61 Å². The highest BCUT2D eigenvalue weighted by atomic mass is 19.1. The molecule has 0 saturated heterocycles. The maximum atomic E-state index is 12.7. The molecule has 19 heavy (non-hydrogen) atoms. The Morgan fingerprint density at radius 2 is 1.79 bits per heavy atom. The molecule has 0 aliphatic carbocycles. The third kappa shape index (κ3) is 4.28. The summed E-state index contributed by atoms with van der Waals surface area (Å²) in [5.74, 6) is -3.07. The molecular formula is C14H15FO4. The molecule has 0 fully saturated rings. The molecule has 1 unspecified atom stereocenters. The van der Waals surface area contributed by atoms with E-state index in [1.807, 2.05) is 0 Å². The van der Waals surface area contributed by atoms with E-state index in [9.17, 15) is 18.8 Å². The van der Waals surface area contributed by atoms with Gasteiger partial charge in [0.15, 0.2) is 5.78 Å². The van der Waals surface area contributed by atoms with Gasteiger partial charge in [-0.1, -0.05) is 0 Å². The summed E-state index contributed by atoms with van der Waals surface area (Å²) < 4.78 is 17.5. The van der Waals surface area contributed by atoms with Crippen LogP contribution in [0.1, 0.15) is 30.6 Å². The summed E-state index contributed by atoms with van der Waals surface area (Å²) in [6, 6.07) is 4.95. The molecule has 0 aliphatic heterocycles. The van der Waals surface area contributed by atoms with E-state index in [2.05, 4.69) is 0 Å². The van der Waals surface area contributed by atoms with Crippen molar-refractivity contribution in [1.82, 2.24) is 0 Å². The normalized spacial score (nSPS) is 11.7. The molecule has 0 heterocycles. The quantitative estimate of drug-likeness (QED) is 0.450. The maximum Gasteiger partial charge on any atom is 0.316 e. The van der Waals surface area contributed by atoms with E-state index >= 15 is 0 Å². The van der Waals surface area contributed by atoms with Gasteiger partial charge >= 0.3 is 5.97 Å². The molecule has 102 valence electrons. The van der Waals surface area contributed by atoms with E-state index in [-0.39, 0.29) is 18.6 Å². The van der Waals surface area contributed by atoms with Gasteiger partial charge in [0.2, 0.25) is 0 Å². The monoisotopic (exact) mass is 266 g/mol. The summed E-state index contributed by atoms with van der Waals surface area (Å²) >= 11 is 0. The van der Waals surface area contributed by atoms with Crippen molar-refractivity contribution in [1.29, 1.82) is 0 Å². The molecule has 0 aliphatic rings. The largest absolute Gasteiger partial charge is 0.465 e. The summed E-state index contributed by atoms with van der Waals surface area (Å²) in [6.45, 7) is 3.00. The second kappa shape index (κ2) is 6.78. The van der Waals surface area contributed by atoms with Crippen LogP contribution in [0.3, 0.4) is 0 Å². The van der Waals surface area contributed by atoms with Crippen LogP contribution >= 0.6 is 0 Å². The first-order valence-electron chi connectivity index (χ1n) is 5.91. The molecule has 0 bridgehead atoms. The molecule has 1 rings (SSSR count). The van der Waals surface area contributed by atoms with Crippen LogP contribution in [-0.4, -0.2) is 24.1 Å². The Kier molecular flexibility index (Phi) is 5.36. The van der Waals surface area contributed by atoms with E-state index in [1.165, 1.54) is 19.1 Å². The first kappa shape index (κ1) is 15.0. The average Bonchev–Trinajstić information content (AvgIpc) is 2.36. The van der Waals surface area contributed by atoms with E-state index in [4.69, 9.17) is 4.74 Å². The van der Waals surface area contributed by atoms with E-state index in [0.717, 1.165) is 12.1 Å². The number of hydrogen-bond donors (Lipinski definition) is 0. The van der Waals surface area contributed by atoms with Crippen LogP contribution in [0.2, 0.25) is 0 Å². The third-order valence-electron chi connectivity index (χ3n) is 2.62. The molecule has 5 heteroatoms. The van der Waals surface area contributed by atoms with Gasteiger partial charge in [-0.05, 0) is 38.1 Å². The number of rotatable bonds is 6. The van der Waals surface area contributed by atoms with Crippen molar-refractivity contribution >= 4 is 17.5 Å². The Morgan fingerprint density at radius 3 is 2.26 bits per heavy atom. The molecule has 0 spiro atoms. The van der Waals surface area contributed by atoms with Gasteiger partial charge in [-0.3, -0.25) is 14.4 Å². The van der Waals surface area contributed by atoms with Crippen LogP contribution in [0, 0.1) is 11.7 Å². The molecule has 0 saturated carbocycles. The van der Waals surface area contributed by atoms with Crippen LogP contribution in [0.25, 0.3) is 0 Å². The lowest BCUT2D eigenvalue weighted by Gasteiger charge is -2.11. The van der Waals surface area contributed by atoms with Crippen molar-refractivity contribution in [3.05, 3.63) is 35.6 Å². The first-order valence-corrected chi connectivity index (χ1v) is 5.91. The van der Waals surface area contributed by atoms with Gasteiger partial charge in [0.1, 0.15) is 17.5 Å². The van der Waals surface area contributed by atoms with Crippen molar-refractivity contribution in [2.45, 2.75) is 20.3 Å². The van der Waals surface area contributed by atoms with Crippen molar-refractivity contribution in [3.63, 3.8) is 0 Å². The van der Waals surface area contributed by atoms with Crippen LogP contribution in [0.15, 0.2) is 24.3 Å². The van der Waals surface area contributed by atoms with E-state index in [1.54, 1.807) is 6.92 Å². The van der Waals surface area contributed by atoms with Crippen LogP contribution < -0.4 is 0 Å². The highest BCUT2D eigenvalue weighted by Crippen LogP contribution is 2.14. The van der Waals surface area contributed by atoms with Gasteiger partial charge in [-0.15, -0.1) is 0 Å². The Labute approximate surface area is 110 Å². The van der Waals surface area contributed by atoms with Crippen molar-refractivity contribution < 1.29 is 23.5 Å². The fourth-order valence-corrected chi connectivity index (χ4v) is 1.57. The van der Waals surface area contributed by atoms with Crippen molar-refractivity contribution in [3.8, 4) is 0 Å². The SMILES string of the molecule is CCOC(=O)C(CC(=O)c1ccc(F)cc1)C(C)=O. The molecule has 1 aromatic rings. The second-order valence-corrected chi connectivity index (χ2v) is 4.05. The minimum Gasteiger partial charge on any atom is -0.465 e. The van der Waals surface area contributed by atoms with Gasteiger partial charge < -0.3 is 4.74 Å². The highest BCUT2D eigenvalue weighted by molar-refractivity contribution is 6.05. The van der Waals surface area contributed by atoms with Crippen molar-refractivity contribution in [2.24, 2.45) is 5.92 Å². The number of ether oxygens (including phenoxy) is 1. The minimum absolute atomic E-state index is 0.146. The fraction of sp³-hybridized carbons (Fsp3) is 0.357. The summed E-state index contributed by atoms with van der Waals surface area (Å²) in [6.07, 6.45) is -0.264. The number of carbonyl (C=O) groups excluding carboxylic acids is 3. The summed E-state index contributed by atoms with van der Waals surface area (Å²) in [4.78, 5) is 34.8. The zero-order chi connectivity index (χ0) is 14.4. The van der Waals surface area contributed by atoms with Gasteiger partial charge in [0.25, 0.3) is 0 Å². The first-order chi connectivity index (χ1) is 8.95. The predicted molar refractivity (Wildman–Crippen MR) is 66.2 cm³/mol. The molecule has 0 radical (unpaired) electrons. The number of Topliss-reactive ketones (excluding diaryl/α,β-unsaturated/α-hetero) is 2.